The van der Waals surface area contributed by atoms with E-state index in [1.807, 2.05) is 13.8 Å². The van der Waals surface area contributed by atoms with Gasteiger partial charge in [0.2, 0.25) is 5.91 Å². The third-order valence-electron chi connectivity index (χ3n) is 4.76. The van der Waals surface area contributed by atoms with Crippen molar-refractivity contribution >= 4 is 29.5 Å². The summed E-state index contributed by atoms with van der Waals surface area (Å²) in [6, 6.07) is 13.8. The van der Waals surface area contributed by atoms with E-state index >= 15 is 0 Å². The molecule has 9 heteroatoms. The number of amides is 4. The highest BCUT2D eigenvalue weighted by Gasteiger charge is 2.30. The van der Waals surface area contributed by atoms with Gasteiger partial charge in [0.1, 0.15) is 12.6 Å². The van der Waals surface area contributed by atoms with Crippen molar-refractivity contribution in [2.75, 3.05) is 18.5 Å². The fraction of sp³-hybridized carbons (Fsp3) is 0.333. The van der Waals surface area contributed by atoms with Crippen LogP contribution < -0.4 is 16.4 Å². The minimum absolute atomic E-state index is 0.0658. The first-order valence-corrected chi connectivity index (χ1v) is 10.7. The minimum atomic E-state index is -0.862. The third kappa shape index (κ3) is 7.95. The molecule has 0 radical (unpaired) electrons. The van der Waals surface area contributed by atoms with Gasteiger partial charge < -0.3 is 26.0 Å². The smallest absolute Gasteiger partial charge is 0.325 e. The van der Waals surface area contributed by atoms with E-state index in [1.54, 1.807) is 61.5 Å². The topological polar surface area (TPSA) is 131 Å². The van der Waals surface area contributed by atoms with Gasteiger partial charge in [-0.2, -0.15) is 0 Å². The average Bonchev–Trinajstić information content (AvgIpc) is 2.76. The second-order valence-electron chi connectivity index (χ2n) is 7.75. The zero-order valence-electron chi connectivity index (χ0n) is 19.0. The molecule has 4 amide bonds. The molecule has 2 aromatic carbocycles. The van der Waals surface area contributed by atoms with Gasteiger partial charge >= 0.3 is 12.0 Å². The van der Waals surface area contributed by atoms with E-state index in [-0.39, 0.29) is 31.5 Å². The maximum Gasteiger partial charge on any atom is 0.325 e. The maximum absolute atomic E-state index is 13.5. The Kier molecular flexibility index (Phi) is 9.41. The van der Waals surface area contributed by atoms with Crippen LogP contribution in [0.4, 0.5) is 10.5 Å². The number of nitrogens with one attached hydrogen (secondary N) is 2. The molecule has 0 aliphatic heterocycles. The van der Waals surface area contributed by atoms with E-state index in [0.717, 1.165) is 0 Å². The van der Waals surface area contributed by atoms with Crippen molar-refractivity contribution in [2.45, 2.75) is 33.4 Å². The number of carbonyl (C=O) groups is 4. The summed E-state index contributed by atoms with van der Waals surface area (Å²) >= 11 is 0. The molecule has 1 atom stereocenters. The van der Waals surface area contributed by atoms with E-state index < -0.39 is 23.9 Å². The Hall–Kier alpha value is -3.88. The fourth-order valence-electron chi connectivity index (χ4n) is 3.21. The number of nitrogens with zero attached hydrogens (tertiary/aromatic N) is 1. The number of ether oxygens (including phenoxy) is 1. The van der Waals surface area contributed by atoms with Crippen molar-refractivity contribution in [3.63, 3.8) is 0 Å². The van der Waals surface area contributed by atoms with Crippen molar-refractivity contribution in [3.05, 3.63) is 65.7 Å². The summed E-state index contributed by atoms with van der Waals surface area (Å²) in [4.78, 5) is 50.9. The average molecular weight is 455 g/mol. The van der Waals surface area contributed by atoms with Gasteiger partial charge in [-0.3, -0.25) is 14.4 Å². The zero-order chi connectivity index (χ0) is 24.4. The van der Waals surface area contributed by atoms with E-state index in [9.17, 15) is 19.2 Å². The highest BCUT2D eigenvalue weighted by molar-refractivity contribution is 5.98. The summed E-state index contributed by atoms with van der Waals surface area (Å²) in [5.74, 6) is -1.60. The molecule has 176 valence electrons. The summed E-state index contributed by atoms with van der Waals surface area (Å²) in [6.07, 6.45) is 0. The first kappa shape index (κ1) is 25.4. The van der Waals surface area contributed by atoms with E-state index in [0.29, 0.717) is 16.8 Å². The first-order valence-electron chi connectivity index (χ1n) is 10.7. The Balaban J connectivity index is 2.27. The zero-order valence-corrected chi connectivity index (χ0v) is 19.0. The van der Waals surface area contributed by atoms with Gasteiger partial charge in [0.05, 0.1) is 6.61 Å². The number of anilines is 1. The van der Waals surface area contributed by atoms with Gasteiger partial charge in [-0.15, -0.1) is 0 Å². The molecule has 0 bridgehead atoms. The number of urea groups is 1. The van der Waals surface area contributed by atoms with Crippen LogP contribution in [0.2, 0.25) is 0 Å². The van der Waals surface area contributed by atoms with Crippen LogP contribution in [-0.2, 0) is 20.9 Å². The second-order valence-corrected chi connectivity index (χ2v) is 7.75. The Bertz CT molecular complexity index is 978. The summed E-state index contributed by atoms with van der Waals surface area (Å²) in [7, 11) is 0. The highest BCUT2D eigenvalue weighted by atomic mass is 16.5. The number of hydrogen-bond acceptors (Lipinski definition) is 5. The van der Waals surface area contributed by atoms with Crippen LogP contribution in [0.5, 0.6) is 0 Å². The number of rotatable bonds is 10. The van der Waals surface area contributed by atoms with Gasteiger partial charge in [0.25, 0.3) is 5.91 Å². The van der Waals surface area contributed by atoms with Gasteiger partial charge in [-0.05, 0) is 42.7 Å². The van der Waals surface area contributed by atoms with Crippen molar-refractivity contribution in [1.29, 1.82) is 0 Å². The Morgan fingerprint density at radius 2 is 1.73 bits per heavy atom. The molecule has 0 aliphatic rings. The fourth-order valence-corrected chi connectivity index (χ4v) is 3.21. The van der Waals surface area contributed by atoms with Crippen LogP contribution in [0.25, 0.3) is 0 Å². The number of primary amides is 1. The SMILES string of the molecule is CCOC(=O)CN(Cc1cccc(NC(N)=O)c1)C(=O)[C@@H](NC(=O)c1ccccc1)C(C)C. The lowest BCUT2D eigenvalue weighted by molar-refractivity contribution is -0.150. The van der Waals surface area contributed by atoms with Crippen LogP contribution in [0.1, 0.15) is 36.7 Å². The monoisotopic (exact) mass is 454 g/mol. The summed E-state index contributed by atoms with van der Waals surface area (Å²) < 4.78 is 5.03. The molecule has 0 fully saturated rings. The molecule has 33 heavy (non-hydrogen) atoms. The Labute approximate surface area is 193 Å². The maximum atomic E-state index is 13.5. The highest BCUT2D eigenvalue weighted by Crippen LogP contribution is 2.16. The second kappa shape index (κ2) is 12.2. The van der Waals surface area contributed by atoms with Crippen molar-refractivity contribution < 1.29 is 23.9 Å². The quantitative estimate of drug-likeness (QED) is 0.475. The largest absolute Gasteiger partial charge is 0.465 e. The molecule has 0 unspecified atom stereocenters. The molecular formula is C24H30N4O5. The molecule has 0 spiro atoms. The van der Waals surface area contributed by atoms with Crippen molar-refractivity contribution in [2.24, 2.45) is 11.7 Å². The van der Waals surface area contributed by atoms with Gasteiger partial charge in [0.15, 0.2) is 0 Å². The molecule has 0 heterocycles. The van der Waals surface area contributed by atoms with Crippen molar-refractivity contribution in [3.8, 4) is 0 Å². The van der Waals surface area contributed by atoms with Crippen molar-refractivity contribution in [1.82, 2.24) is 10.2 Å². The standard InChI is InChI=1S/C24H30N4O5/c1-4-33-20(29)15-28(14-17-9-8-12-19(13-17)26-24(25)32)23(31)21(16(2)3)27-22(30)18-10-6-5-7-11-18/h5-13,16,21H,4,14-15H2,1-3H3,(H,27,30)(H3,25,26,32)/t21-/m0/s1. The molecule has 0 aromatic heterocycles. The number of benzene rings is 2. The van der Waals surface area contributed by atoms with Gasteiger partial charge in [-0.25, -0.2) is 4.79 Å². The number of esters is 1. The lowest BCUT2D eigenvalue weighted by Crippen LogP contribution is -2.52. The van der Waals surface area contributed by atoms with Crippen LogP contribution >= 0.6 is 0 Å². The molecule has 0 saturated carbocycles. The number of nitrogens with two attached hydrogens (primary N) is 1. The summed E-state index contributed by atoms with van der Waals surface area (Å²) in [6.45, 7) is 5.26. The molecule has 0 saturated heterocycles. The Morgan fingerprint density at radius 3 is 2.33 bits per heavy atom. The minimum Gasteiger partial charge on any atom is -0.465 e. The normalized spacial score (nSPS) is 11.4. The summed E-state index contributed by atoms with van der Waals surface area (Å²) in [5.41, 5.74) is 6.73. The number of carbonyl (C=O) groups excluding carboxylic acids is 4. The van der Waals surface area contributed by atoms with Crippen LogP contribution in [0.3, 0.4) is 0 Å². The molecule has 2 rings (SSSR count). The van der Waals surface area contributed by atoms with Crippen LogP contribution in [0.15, 0.2) is 54.6 Å². The lowest BCUT2D eigenvalue weighted by Gasteiger charge is -2.29. The molecule has 0 aliphatic carbocycles. The third-order valence-corrected chi connectivity index (χ3v) is 4.76. The summed E-state index contributed by atoms with van der Waals surface area (Å²) in [5, 5.41) is 5.27. The van der Waals surface area contributed by atoms with E-state index in [2.05, 4.69) is 10.6 Å². The molecular weight excluding hydrogens is 424 g/mol. The molecule has 4 N–H and O–H groups in total. The van der Waals surface area contributed by atoms with Crippen LogP contribution in [0, 0.1) is 5.92 Å². The van der Waals surface area contributed by atoms with E-state index in [4.69, 9.17) is 10.5 Å². The predicted molar refractivity (Wildman–Crippen MR) is 124 cm³/mol. The van der Waals surface area contributed by atoms with Gasteiger partial charge in [-0.1, -0.05) is 44.2 Å². The van der Waals surface area contributed by atoms with Crippen LogP contribution in [-0.4, -0.2) is 47.9 Å². The van der Waals surface area contributed by atoms with E-state index in [1.165, 1.54) is 4.90 Å². The number of hydrogen-bond donors (Lipinski definition) is 3. The lowest BCUT2D eigenvalue weighted by atomic mass is 10.0. The first-order chi connectivity index (χ1) is 15.7. The van der Waals surface area contributed by atoms with Gasteiger partial charge in [0, 0.05) is 17.8 Å². The Morgan fingerprint density at radius 1 is 1.03 bits per heavy atom. The molecule has 2 aromatic rings. The molecule has 9 nitrogen and oxygen atoms in total. The predicted octanol–water partition coefficient (Wildman–Crippen LogP) is 2.52.